The Kier molecular flexibility index (Phi) is 4.70. The molecule has 1 atom stereocenters. The molecular weight excluding hydrogens is 294 g/mol. The first-order valence-corrected chi connectivity index (χ1v) is 8.54. The quantitative estimate of drug-likeness (QED) is 0.820. The monoisotopic (exact) mass is 315 g/mol. The minimum absolute atomic E-state index is 0.0249. The predicted molar refractivity (Wildman–Crippen MR) is 77.4 cm³/mol. The van der Waals surface area contributed by atoms with Crippen molar-refractivity contribution >= 4 is 15.9 Å². The topological polar surface area (TPSA) is 106 Å². The summed E-state index contributed by atoms with van der Waals surface area (Å²) in [6.07, 6.45) is 1.71. The van der Waals surface area contributed by atoms with Crippen LogP contribution in [0.1, 0.15) is 36.1 Å². The molecule has 21 heavy (non-hydrogen) atoms. The summed E-state index contributed by atoms with van der Waals surface area (Å²) in [6, 6.07) is 1.33. The molecule has 2 heterocycles. The van der Waals surface area contributed by atoms with Crippen molar-refractivity contribution in [2.45, 2.75) is 37.6 Å². The maximum Gasteiger partial charge on any atom is 0.289 e. The second-order valence-electron chi connectivity index (χ2n) is 5.22. The van der Waals surface area contributed by atoms with Crippen LogP contribution in [0.3, 0.4) is 0 Å². The zero-order chi connectivity index (χ0) is 15.6. The van der Waals surface area contributed by atoms with Gasteiger partial charge in [0.25, 0.3) is 5.91 Å². The molecule has 7 nitrogen and oxygen atoms in total. The van der Waals surface area contributed by atoms with Crippen molar-refractivity contribution in [3.63, 3.8) is 0 Å². The number of carbonyl (C=O) groups excluding carboxylic acids is 1. The minimum atomic E-state index is -3.88. The fourth-order valence-corrected chi connectivity index (χ4v) is 3.30. The number of nitrogens with zero attached hydrogens (tertiary/aromatic N) is 1. The van der Waals surface area contributed by atoms with Crippen molar-refractivity contribution in [2.75, 3.05) is 19.6 Å². The Morgan fingerprint density at radius 3 is 2.76 bits per heavy atom. The van der Waals surface area contributed by atoms with Crippen LogP contribution in [0.15, 0.2) is 15.4 Å². The number of nitrogens with one attached hydrogen (secondary N) is 1. The number of hydrogen-bond donors (Lipinski definition) is 2. The molecule has 0 radical (unpaired) electrons. The van der Waals surface area contributed by atoms with E-state index in [0.717, 1.165) is 25.9 Å². The summed E-state index contributed by atoms with van der Waals surface area (Å²) >= 11 is 0. The van der Waals surface area contributed by atoms with E-state index in [1.165, 1.54) is 13.0 Å². The molecule has 1 amide bonds. The molecule has 8 heteroatoms. The first-order valence-electron chi connectivity index (χ1n) is 6.99. The van der Waals surface area contributed by atoms with Crippen LogP contribution < -0.4 is 10.5 Å². The maximum atomic E-state index is 12.6. The zero-order valence-corrected chi connectivity index (χ0v) is 13.1. The summed E-state index contributed by atoms with van der Waals surface area (Å²) < 4.78 is 28.2. The second-order valence-corrected chi connectivity index (χ2v) is 6.75. The molecule has 2 rings (SSSR count). The van der Waals surface area contributed by atoms with Gasteiger partial charge in [-0.3, -0.25) is 4.79 Å². The van der Waals surface area contributed by atoms with Gasteiger partial charge in [-0.05, 0) is 26.3 Å². The van der Waals surface area contributed by atoms with Crippen LogP contribution in [0.2, 0.25) is 0 Å². The molecule has 0 spiro atoms. The fraction of sp³-hybridized carbons (Fsp3) is 0.615. The van der Waals surface area contributed by atoms with E-state index >= 15 is 0 Å². The summed E-state index contributed by atoms with van der Waals surface area (Å²) in [6.45, 7) is 5.70. The zero-order valence-electron chi connectivity index (χ0n) is 12.3. The van der Waals surface area contributed by atoms with Gasteiger partial charge in [-0.15, -0.1) is 0 Å². The van der Waals surface area contributed by atoms with Crippen molar-refractivity contribution in [3.8, 4) is 0 Å². The van der Waals surface area contributed by atoms with Gasteiger partial charge < -0.3 is 14.6 Å². The molecule has 1 aliphatic rings. The van der Waals surface area contributed by atoms with Crippen LogP contribution >= 0.6 is 0 Å². The summed E-state index contributed by atoms with van der Waals surface area (Å²) in [5, 5.41) is 8.32. The van der Waals surface area contributed by atoms with E-state index in [4.69, 9.17) is 9.56 Å². The van der Waals surface area contributed by atoms with Crippen LogP contribution in [-0.2, 0) is 10.0 Å². The van der Waals surface area contributed by atoms with E-state index in [1.54, 1.807) is 4.90 Å². The molecule has 0 aromatic carbocycles. The Hall–Kier alpha value is -1.38. The van der Waals surface area contributed by atoms with Gasteiger partial charge in [0.05, 0.1) is 0 Å². The smallest absolute Gasteiger partial charge is 0.289 e. The second kappa shape index (κ2) is 6.17. The highest BCUT2D eigenvalue weighted by molar-refractivity contribution is 7.89. The first-order chi connectivity index (χ1) is 9.84. The van der Waals surface area contributed by atoms with Gasteiger partial charge in [0.15, 0.2) is 5.76 Å². The number of aryl methyl sites for hydroxylation is 1. The summed E-state index contributed by atoms with van der Waals surface area (Å²) in [5.41, 5.74) is 0. The molecule has 0 aliphatic carbocycles. The van der Waals surface area contributed by atoms with Gasteiger partial charge in [0.2, 0.25) is 10.0 Å². The van der Waals surface area contributed by atoms with Gasteiger partial charge >= 0.3 is 0 Å². The highest BCUT2D eigenvalue weighted by Crippen LogP contribution is 2.22. The Bertz CT molecular complexity index is 617. The number of hydrogen-bond acceptors (Lipinski definition) is 5. The molecule has 0 bridgehead atoms. The molecule has 1 aromatic heterocycles. The molecular formula is C13H21N3O4S. The number of nitrogens with two attached hydrogens (primary N) is 1. The average Bonchev–Trinajstić information content (AvgIpc) is 3.03. The van der Waals surface area contributed by atoms with Gasteiger partial charge in [-0.1, -0.05) is 6.92 Å². The predicted octanol–water partition coefficient (Wildman–Crippen LogP) is 0.450. The highest BCUT2D eigenvalue weighted by Gasteiger charge is 2.30. The lowest BCUT2D eigenvalue weighted by Crippen LogP contribution is -2.41. The van der Waals surface area contributed by atoms with Gasteiger partial charge in [0, 0.05) is 25.2 Å². The standard InChI is InChI=1S/C13H21N3O4S/c1-3-6-16(10-4-5-15-8-10)13(17)11-7-12(9(2)20-11)21(14,18)19/h7,10,15H,3-6,8H2,1-2H3,(H2,14,18,19). The average molecular weight is 315 g/mol. The molecule has 1 unspecified atom stereocenters. The van der Waals surface area contributed by atoms with E-state index in [0.29, 0.717) is 6.54 Å². The van der Waals surface area contributed by atoms with Gasteiger partial charge in [0.1, 0.15) is 10.7 Å². The van der Waals surface area contributed by atoms with Crippen molar-refractivity contribution in [2.24, 2.45) is 5.14 Å². The minimum Gasteiger partial charge on any atom is -0.455 e. The molecule has 3 N–H and O–H groups in total. The number of primary sulfonamides is 1. The first kappa shape index (κ1) is 16.0. The Morgan fingerprint density at radius 1 is 1.57 bits per heavy atom. The summed E-state index contributed by atoms with van der Waals surface area (Å²) in [4.78, 5) is 14.2. The third-order valence-corrected chi connectivity index (χ3v) is 4.61. The van der Waals surface area contributed by atoms with E-state index < -0.39 is 10.0 Å². The van der Waals surface area contributed by atoms with Crippen molar-refractivity contribution in [3.05, 3.63) is 17.6 Å². The van der Waals surface area contributed by atoms with Crippen LogP contribution in [0, 0.1) is 6.92 Å². The normalized spacial score (nSPS) is 18.9. The number of amides is 1. The van der Waals surface area contributed by atoms with E-state index in [1.807, 2.05) is 6.92 Å². The van der Waals surface area contributed by atoms with E-state index in [-0.39, 0.29) is 28.4 Å². The fourth-order valence-electron chi connectivity index (χ4n) is 2.59. The SMILES string of the molecule is CCCN(C(=O)c1cc(S(N)(=O)=O)c(C)o1)C1CCNC1. The molecule has 1 aromatic rings. The largest absolute Gasteiger partial charge is 0.455 e. The molecule has 118 valence electrons. The molecule has 1 aliphatic heterocycles. The maximum absolute atomic E-state index is 12.6. The van der Waals surface area contributed by atoms with Crippen molar-refractivity contribution < 1.29 is 17.6 Å². The third kappa shape index (κ3) is 3.45. The van der Waals surface area contributed by atoms with E-state index in [2.05, 4.69) is 5.32 Å². The number of sulfonamides is 1. The highest BCUT2D eigenvalue weighted by atomic mass is 32.2. The van der Waals surface area contributed by atoms with Crippen LogP contribution in [0.25, 0.3) is 0 Å². The lowest BCUT2D eigenvalue weighted by Gasteiger charge is -2.27. The molecule has 1 fully saturated rings. The molecule has 1 saturated heterocycles. The lowest BCUT2D eigenvalue weighted by molar-refractivity contribution is 0.0658. The summed E-state index contributed by atoms with van der Waals surface area (Å²) in [5.74, 6) is -0.123. The summed E-state index contributed by atoms with van der Waals surface area (Å²) in [7, 11) is -3.88. The van der Waals surface area contributed by atoms with Crippen LogP contribution in [-0.4, -0.2) is 44.9 Å². The Balaban J connectivity index is 2.28. The number of rotatable bonds is 5. The number of carbonyl (C=O) groups is 1. The lowest BCUT2D eigenvalue weighted by atomic mass is 10.2. The van der Waals surface area contributed by atoms with Crippen LogP contribution in [0.4, 0.5) is 0 Å². The van der Waals surface area contributed by atoms with Crippen molar-refractivity contribution in [1.29, 1.82) is 0 Å². The Labute approximate surface area is 124 Å². The third-order valence-electron chi connectivity index (χ3n) is 3.59. The van der Waals surface area contributed by atoms with Crippen LogP contribution in [0.5, 0.6) is 0 Å². The Morgan fingerprint density at radius 2 is 2.29 bits per heavy atom. The molecule has 0 saturated carbocycles. The van der Waals surface area contributed by atoms with Gasteiger partial charge in [-0.25, -0.2) is 13.6 Å². The van der Waals surface area contributed by atoms with Gasteiger partial charge in [-0.2, -0.15) is 0 Å². The van der Waals surface area contributed by atoms with Crippen molar-refractivity contribution in [1.82, 2.24) is 10.2 Å². The van der Waals surface area contributed by atoms with E-state index in [9.17, 15) is 13.2 Å². The number of furan rings is 1.